The van der Waals surface area contributed by atoms with E-state index < -0.39 is 11.7 Å². The number of amides is 1. The number of hydrogen-bond donors (Lipinski definition) is 1. The van der Waals surface area contributed by atoms with E-state index in [1.54, 1.807) is 35.3 Å². The molecule has 0 aliphatic rings. The summed E-state index contributed by atoms with van der Waals surface area (Å²) in [5.74, 6) is -0.724. The van der Waals surface area contributed by atoms with Crippen LogP contribution in [0.4, 0.5) is 10.2 Å². The molecule has 4 aromatic rings. The molecular weight excluding hydrogens is 331 g/mol. The second kappa shape index (κ2) is 6.76. The summed E-state index contributed by atoms with van der Waals surface area (Å²) in [6, 6.07) is 17.4. The number of rotatable bonds is 4. The Morgan fingerprint density at radius 1 is 1.04 bits per heavy atom. The number of carbonyl (C=O) groups is 1. The number of aromatic nitrogens is 3. The first kappa shape index (κ1) is 16.0. The van der Waals surface area contributed by atoms with Crippen LogP contribution in [0, 0.1) is 5.82 Å². The third-order valence-electron chi connectivity index (χ3n) is 4.05. The number of anilines is 1. The lowest BCUT2D eigenvalue weighted by atomic mass is 10.1. The molecule has 0 fully saturated rings. The number of nitrogens with zero attached hydrogens (tertiary/aromatic N) is 3. The molecule has 2 heterocycles. The van der Waals surface area contributed by atoms with Gasteiger partial charge in [-0.15, -0.1) is 0 Å². The molecule has 2 aromatic heterocycles. The average molecular weight is 346 g/mol. The van der Waals surface area contributed by atoms with Crippen LogP contribution in [0.1, 0.15) is 15.9 Å². The van der Waals surface area contributed by atoms with Crippen LogP contribution in [-0.4, -0.2) is 20.7 Å². The minimum Gasteiger partial charge on any atom is -0.305 e. The number of benzene rings is 2. The highest BCUT2D eigenvalue weighted by Gasteiger charge is 2.12. The average Bonchev–Trinajstić information content (AvgIpc) is 3.09. The Kier molecular flexibility index (Phi) is 4.15. The molecule has 0 radical (unpaired) electrons. The van der Waals surface area contributed by atoms with Gasteiger partial charge in [-0.05, 0) is 23.8 Å². The summed E-state index contributed by atoms with van der Waals surface area (Å²) in [5, 5.41) is 8.02. The van der Waals surface area contributed by atoms with Gasteiger partial charge >= 0.3 is 0 Å². The first-order valence-electron chi connectivity index (χ1n) is 8.13. The van der Waals surface area contributed by atoms with Crippen LogP contribution in [0.15, 0.2) is 73.1 Å². The highest BCUT2D eigenvalue weighted by molar-refractivity contribution is 6.03. The summed E-state index contributed by atoms with van der Waals surface area (Å²) in [6.07, 6.45) is 3.52. The van der Waals surface area contributed by atoms with Gasteiger partial charge in [0.25, 0.3) is 5.91 Å². The molecule has 0 bridgehead atoms. The first-order valence-corrected chi connectivity index (χ1v) is 8.13. The predicted molar refractivity (Wildman–Crippen MR) is 97.4 cm³/mol. The first-order chi connectivity index (χ1) is 12.7. The SMILES string of the molecule is O=C(Nc1ccn(Cc2cccc3cccnc23)n1)c1ccccc1F. The van der Waals surface area contributed by atoms with E-state index in [1.165, 1.54) is 12.1 Å². The molecule has 1 N–H and O–H groups in total. The second-order valence-corrected chi connectivity index (χ2v) is 5.82. The van der Waals surface area contributed by atoms with Crippen molar-refractivity contribution in [2.45, 2.75) is 6.54 Å². The summed E-state index contributed by atoms with van der Waals surface area (Å²) in [4.78, 5) is 16.6. The van der Waals surface area contributed by atoms with Crippen molar-refractivity contribution in [3.63, 3.8) is 0 Å². The molecule has 26 heavy (non-hydrogen) atoms. The Morgan fingerprint density at radius 3 is 2.77 bits per heavy atom. The summed E-state index contributed by atoms with van der Waals surface area (Å²) < 4.78 is 15.4. The lowest BCUT2D eigenvalue weighted by Crippen LogP contribution is -2.14. The minimum absolute atomic E-state index is 0.0136. The van der Waals surface area contributed by atoms with Crippen molar-refractivity contribution in [2.24, 2.45) is 0 Å². The van der Waals surface area contributed by atoms with E-state index in [0.29, 0.717) is 12.4 Å². The zero-order valence-corrected chi connectivity index (χ0v) is 13.8. The van der Waals surface area contributed by atoms with Crippen LogP contribution in [0.25, 0.3) is 10.9 Å². The monoisotopic (exact) mass is 346 g/mol. The molecule has 0 saturated carbocycles. The van der Waals surface area contributed by atoms with Crippen LogP contribution in [0.2, 0.25) is 0 Å². The van der Waals surface area contributed by atoms with E-state index in [0.717, 1.165) is 16.5 Å². The van der Waals surface area contributed by atoms with E-state index in [-0.39, 0.29) is 5.56 Å². The third-order valence-corrected chi connectivity index (χ3v) is 4.05. The summed E-state index contributed by atoms with van der Waals surface area (Å²) in [5.41, 5.74) is 1.93. The number of carbonyl (C=O) groups excluding carboxylic acids is 1. The number of para-hydroxylation sites is 1. The molecule has 0 spiro atoms. The summed E-state index contributed by atoms with van der Waals surface area (Å²) in [6.45, 7) is 0.518. The number of halogens is 1. The molecule has 0 saturated heterocycles. The van der Waals surface area contributed by atoms with Gasteiger partial charge in [0.05, 0.1) is 17.6 Å². The Balaban J connectivity index is 1.53. The molecule has 128 valence electrons. The highest BCUT2D eigenvalue weighted by atomic mass is 19.1. The fourth-order valence-corrected chi connectivity index (χ4v) is 2.81. The molecule has 5 nitrogen and oxygen atoms in total. The Labute approximate surface area is 149 Å². The fraction of sp³-hybridized carbons (Fsp3) is 0.0500. The predicted octanol–water partition coefficient (Wildman–Crippen LogP) is 3.87. The minimum atomic E-state index is -0.564. The van der Waals surface area contributed by atoms with Crippen LogP contribution in [0.5, 0.6) is 0 Å². The van der Waals surface area contributed by atoms with Gasteiger partial charge < -0.3 is 5.32 Å². The zero-order valence-electron chi connectivity index (χ0n) is 13.8. The highest BCUT2D eigenvalue weighted by Crippen LogP contribution is 2.17. The lowest BCUT2D eigenvalue weighted by molar-refractivity contribution is 0.102. The van der Waals surface area contributed by atoms with E-state index in [4.69, 9.17) is 0 Å². The molecule has 1 amide bonds. The Morgan fingerprint density at radius 2 is 1.88 bits per heavy atom. The maximum Gasteiger partial charge on any atom is 0.259 e. The van der Waals surface area contributed by atoms with Crippen molar-refractivity contribution in [3.8, 4) is 0 Å². The molecule has 0 unspecified atom stereocenters. The maximum absolute atomic E-state index is 13.7. The van der Waals surface area contributed by atoms with Crippen molar-refractivity contribution in [1.29, 1.82) is 0 Å². The quantitative estimate of drug-likeness (QED) is 0.610. The number of fused-ring (bicyclic) bond motifs is 1. The standard InChI is InChI=1S/C20H15FN4O/c21-17-9-2-1-8-16(17)20(26)23-18-10-12-25(24-18)13-15-6-3-5-14-7-4-11-22-19(14)15/h1-12H,13H2,(H,23,24,26). The Bertz CT molecular complexity index is 1080. The number of hydrogen-bond acceptors (Lipinski definition) is 3. The molecule has 0 atom stereocenters. The molecule has 0 aliphatic carbocycles. The lowest BCUT2D eigenvalue weighted by Gasteiger charge is -2.06. The van der Waals surface area contributed by atoms with E-state index in [1.807, 2.05) is 30.3 Å². The molecule has 0 aliphatic heterocycles. The second-order valence-electron chi connectivity index (χ2n) is 5.82. The van der Waals surface area contributed by atoms with Crippen molar-refractivity contribution in [2.75, 3.05) is 5.32 Å². The van der Waals surface area contributed by atoms with Gasteiger partial charge in [-0.25, -0.2) is 4.39 Å². The smallest absolute Gasteiger partial charge is 0.259 e. The molecule has 2 aromatic carbocycles. The van der Waals surface area contributed by atoms with Crippen molar-refractivity contribution < 1.29 is 9.18 Å². The van der Waals surface area contributed by atoms with Gasteiger partial charge in [0, 0.05) is 23.8 Å². The number of pyridine rings is 1. The van der Waals surface area contributed by atoms with Crippen LogP contribution >= 0.6 is 0 Å². The van der Waals surface area contributed by atoms with E-state index in [9.17, 15) is 9.18 Å². The van der Waals surface area contributed by atoms with Gasteiger partial charge in [0.15, 0.2) is 5.82 Å². The summed E-state index contributed by atoms with van der Waals surface area (Å²) in [7, 11) is 0. The van der Waals surface area contributed by atoms with Crippen molar-refractivity contribution in [3.05, 3.63) is 90.0 Å². The topological polar surface area (TPSA) is 59.8 Å². The molecular formula is C20H15FN4O. The van der Waals surface area contributed by atoms with Crippen molar-refractivity contribution in [1.82, 2.24) is 14.8 Å². The van der Waals surface area contributed by atoms with Crippen LogP contribution < -0.4 is 5.32 Å². The number of nitrogens with one attached hydrogen (secondary N) is 1. The third kappa shape index (κ3) is 3.17. The largest absolute Gasteiger partial charge is 0.305 e. The molecule has 4 rings (SSSR count). The van der Waals surface area contributed by atoms with Gasteiger partial charge in [0.2, 0.25) is 0 Å². The normalized spacial score (nSPS) is 10.8. The van der Waals surface area contributed by atoms with Gasteiger partial charge in [-0.3, -0.25) is 14.5 Å². The van der Waals surface area contributed by atoms with Crippen LogP contribution in [-0.2, 0) is 6.54 Å². The van der Waals surface area contributed by atoms with Gasteiger partial charge in [-0.1, -0.05) is 36.4 Å². The fourth-order valence-electron chi connectivity index (χ4n) is 2.81. The van der Waals surface area contributed by atoms with Gasteiger partial charge in [0.1, 0.15) is 5.82 Å². The summed E-state index contributed by atoms with van der Waals surface area (Å²) >= 11 is 0. The Hall–Kier alpha value is -3.54. The molecule has 6 heteroatoms. The van der Waals surface area contributed by atoms with Crippen molar-refractivity contribution >= 4 is 22.6 Å². The van der Waals surface area contributed by atoms with E-state index >= 15 is 0 Å². The van der Waals surface area contributed by atoms with Crippen LogP contribution in [0.3, 0.4) is 0 Å². The van der Waals surface area contributed by atoms with E-state index in [2.05, 4.69) is 15.4 Å². The zero-order chi connectivity index (χ0) is 17.9. The maximum atomic E-state index is 13.7. The van der Waals surface area contributed by atoms with Gasteiger partial charge in [-0.2, -0.15) is 5.10 Å².